The molecule has 1 spiro atoms. The summed E-state index contributed by atoms with van der Waals surface area (Å²) in [5, 5.41) is 6.69. The SMILES string of the molecule is CC(C)Cc1noc(CN2C(=O)N[C@]3(CCSC3)C2=O)n1. The largest absolute Gasteiger partial charge is 0.337 e. The van der Waals surface area contributed by atoms with Crippen LogP contribution in [0.5, 0.6) is 0 Å². The van der Waals surface area contributed by atoms with Crippen LogP contribution in [0.1, 0.15) is 32.0 Å². The van der Waals surface area contributed by atoms with Crippen LogP contribution in [0.15, 0.2) is 4.52 Å². The molecule has 1 N–H and O–H groups in total. The molecule has 114 valence electrons. The topological polar surface area (TPSA) is 88.3 Å². The van der Waals surface area contributed by atoms with E-state index in [-0.39, 0.29) is 18.5 Å². The van der Waals surface area contributed by atoms with Gasteiger partial charge in [0.2, 0.25) is 5.89 Å². The fourth-order valence-corrected chi connectivity index (χ4v) is 3.92. The molecule has 0 bridgehead atoms. The van der Waals surface area contributed by atoms with Crippen LogP contribution in [0.25, 0.3) is 0 Å². The summed E-state index contributed by atoms with van der Waals surface area (Å²) in [7, 11) is 0. The second-order valence-electron chi connectivity index (χ2n) is 5.91. The van der Waals surface area contributed by atoms with Gasteiger partial charge in [0.25, 0.3) is 5.91 Å². The first-order chi connectivity index (χ1) is 10.00. The number of carbonyl (C=O) groups is 2. The number of hydrogen-bond donors (Lipinski definition) is 1. The van der Waals surface area contributed by atoms with E-state index in [0.29, 0.717) is 36.2 Å². The van der Waals surface area contributed by atoms with Gasteiger partial charge in [-0.25, -0.2) is 4.79 Å². The zero-order valence-electron chi connectivity index (χ0n) is 12.1. The van der Waals surface area contributed by atoms with Crippen molar-refractivity contribution in [2.75, 3.05) is 11.5 Å². The van der Waals surface area contributed by atoms with Gasteiger partial charge in [-0.1, -0.05) is 19.0 Å². The predicted octanol–water partition coefficient (Wildman–Crippen LogP) is 1.20. The van der Waals surface area contributed by atoms with Crippen LogP contribution < -0.4 is 5.32 Å². The third-order valence-electron chi connectivity index (χ3n) is 3.66. The highest BCUT2D eigenvalue weighted by Gasteiger charge is 2.53. The average Bonchev–Trinajstić information content (AvgIpc) is 3.09. The van der Waals surface area contributed by atoms with Crippen molar-refractivity contribution in [1.82, 2.24) is 20.4 Å². The highest BCUT2D eigenvalue weighted by molar-refractivity contribution is 7.99. The first kappa shape index (κ1) is 14.4. The normalized spacial score (nSPS) is 25.4. The van der Waals surface area contributed by atoms with Crippen molar-refractivity contribution in [3.05, 3.63) is 11.7 Å². The summed E-state index contributed by atoms with van der Waals surface area (Å²) in [4.78, 5) is 29.9. The Hall–Kier alpha value is -1.57. The number of urea groups is 1. The van der Waals surface area contributed by atoms with E-state index in [4.69, 9.17) is 4.52 Å². The van der Waals surface area contributed by atoms with Crippen molar-refractivity contribution in [3.63, 3.8) is 0 Å². The van der Waals surface area contributed by atoms with E-state index in [1.807, 2.05) is 0 Å². The second kappa shape index (κ2) is 5.32. The van der Waals surface area contributed by atoms with Gasteiger partial charge < -0.3 is 9.84 Å². The molecule has 0 radical (unpaired) electrons. The molecule has 2 aliphatic heterocycles. The van der Waals surface area contributed by atoms with E-state index >= 15 is 0 Å². The van der Waals surface area contributed by atoms with Gasteiger partial charge in [-0.15, -0.1) is 0 Å². The third-order valence-corrected chi connectivity index (χ3v) is 4.85. The number of carbonyl (C=O) groups excluding carboxylic acids is 2. The van der Waals surface area contributed by atoms with Gasteiger partial charge >= 0.3 is 6.03 Å². The maximum Gasteiger partial charge on any atom is 0.325 e. The van der Waals surface area contributed by atoms with Crippen molar-refractivity contribution in [1.29, 1.82) is 0 Å². The molecule has 2 fully saturated rings. The summed E-state index contributed by atoms with van der Waals surface area (Å²) in [6.45, 7) is 4.17. The minimum absolute atomic E-state index is 0.0438. The molecule has 3 heterocycles. The van der Waals surface area contributed by atoms with Crippen LogP contribution in [0.2, 0.25) is 0 Å². The molecule has 21 heavy (non-hydrogen) atoms. The molecule has 0 unspecified atom stereocenters. The lowest BCUT2D eigenvalue weighted by Crippen LogP contribution is -2.46. The summed E-state index contributed by atoms with van der Waals surface area (Å²) >= 11 is 1.68. The van der Waals surface area contributed by atoms with Gasteiger partial charge in [-0.2, -0.15) is 16.7 Å². The molecule has 3 amide bonds. The summed E-state index contributed by atoms with van der Waals surface area (Å²) in [5.74, 6) is 2.68. The van der Waals surface area contributed by atoms with Crippen LogP contribution in [0.4, 0.5) is 4.79 Å². The third kappa shape index (κ3) is 2.64. The van der Waals surface area contributed by atoms with Gasteiger partial charge in [0.1, 0.15) is 12.1 Å². The maximum absolute atomic E-state index is 12.5. The molecular weight excluding hydrogens is 292 g/mol. The van der Waals surface area contributed by atoms with E-state index in [1.165, 1.54) is 4.90 Å². The molecule has 2 saturated heterocycles. The summed E-state index contributed by atoms with van der Waals surface area (Å²) in [5.41, 5.74) is -0.720. The van der Waals surface area contributed by atoms with Crippen LogP contribution in [-0.4, -0.2) is 44.0 Å². The Morgan fingerprint density at radius 2 is 2.29 bits per heavy atom. The first-order valence-electron chi connectivity index (χ1n) is 7.03. The Labute approximate surface area is 126 Å². The van der Waals surface area contributed by atoms with E-state index in [0.717, 1.165) is 5.75 Å². The fourth-order valence-electron chi connectivity index (χ4n) is 2.59. The van der Waals surface area contributed by atoms with Crippen molar-refractivity contribution in [3.8, 4) is 0 Å². The van der Waals surface area contributed by atoms with Crippen molar-refractivity contribution < 1.29 is 14.1 Å². The molecule has 0 aliphatic carbocycles. The molecule has 1 aromatic heterocycles. The summed E-state index contributed by atoms with van der Waals surface area (Å²) in [6, 6.07) is -0.369. The van der Waals surface area contributed by atoms with Crippen LogP contribution in [-0.2, 0) is 17.8 Å². The summed E-state index contributed by atoms with van der Waals surface area (Å²) < 4.78 is 5.13. The number of amides is 3. The zero-order chi connectivity index (χ0) is 15.0. The van der Waals surface area contributed by atoms with E-state index < -0.39 is 5.54 Å². The van der Waals surface area contributed by atoms with Crippen LogP contribution in [0.3, 0.4) is 0 Å². The Morgan fingerprint density at radius 1 is 1.48 bits per heavy atom. The molecule has 2 aliphatic rings. The monoisotopic (exact) mass is 310 g/mol. The molecule has 7 nitrogen and oxygen atoms in total. The number of imide groups is 1. The lowest BCUT2D eigenvalue weighted by Gasteiger charge is -2.18. The zero-order valence-corrected chi connectivity index (χ0v) is 12.9. The summed E-state index contributed by atoms with van der Waals surface area (Å²) in [6.07, 6.45) is 1.39. The maximum atomic E-state index is 12.5. The molecule has 0 aromatic carbocycles. The standard InChI is InChI=1S/C13H18N4O3S/c1-8(2)5-9-14-10(20-16-9)6-17-11(18)13(15-12(17)19)3-4-21-7-13/h8H,3-7H2,1-2H3,(H,15,19)/t13-/m0/s1. The molecule has 1 aromatic rings. The minimum Gasteiger partial charge on any atom is -0.337 e. The molecule has 1 atom stereocenters. The number of nitrogens with one attached hydrogen (secondary N) is 1. The van der Waals surface area contributed by atoms with Crippen molar-refractivity contribution in [2.45, 2.75) is 38.8 Å². The average molecular weight is 310 g/mol. The van der Waals surface area contributed by atoms with Gasteiger partial charge in [0.05, 0.1) is 0 Å². The number of nitrogens with zero attached hydrogens (tertiary/aromatic N) is 3. The van der Waals surface area contributed by atoms with E-state index in [1.54, 1.807) is 11.8 Å². The van der Waals surface area contributed by atoms with Crippen molar-refractivity contribution >= 4 is 23.7 Å². The molecule has 0 saturated carbocycles. The lowest BCUT2D eigenvalue weighted by molar-refractivity contribution is -0.131. The van der Waals surface area contributed by atoms with Gasteiger partial charge in [0, 0.05) is 12.2 Å². The Balaban J connectivity index is 1.71. The van der Waals surface area contributed by atoms with Gasteiger partial charge in [-0.3, -0.25) is 9.69 Å². The Morgan fingerprint density at radius 3 is 2.95 bits per heavy atom. The van der Waals surface area contributed by atoms with Crippen LogP contribution >= 0.6 is 11.8 Å². The van der Waals surface area contributed by atoms with Crippen LogP contribution in [0, 0.1) is 5.92 Å². The van der Waals surface area contributed by atoms with E-state index in [9.17, 15) is 9.59 Å². The molecule has 8 heteroatoms. The quantitative estimate of drug-likeness (QED) is 0.841. The van der Waals surface area contributed by atoms with Gasteiger partial charge in [0.15, 0.2) is 5.82 Å². The highest BCUT2D eigenvalue weighted by atomic mass is 32.2. The van der Waals surface area contributed by atoms with E-state index in [2.05, 4.69) is 29.3 Å². The predicted molar refractivity (Wildman–Crippen MR) is 76.6 cm³/mol. The van der Waals surface area contributed by atoms with Gasteiger partial charge in [-0.05, 0) is 18.1 Å². The first-order valence-corrected chi connectivity index (χ1v) is 8.19. The Bertz CT molecular complexity index is 566. The highest BCUT2D eigenvalue weighted by Crippen LogP contribution is 2.33. The minimum atomic E-state index is -0.720. The molecule has 3 rings (SSSR count). The smallest absolute Gasteiger partial charge is 0.325 e. The fraction of sp³-hybridized carbons (Fsp3) is 0.692. The second-order valence-corrected chi connectivity index (χ2v) is 7.01. The Kier molecular flexibility index (Phi) is 3.64. The number of rotatable bonds is 4. The lowest BCUT2D eigenvalue weighted by atomic mass is 9.99. The van der Waals surface area contributed by atoms with Crippen molar-refractivity contribution in [2.24, 2.45) is 5.92 Å². The number of aromatic nitrogens is 2. The number of thioether (sulfide) groups is 1. The molecular formula is C13H18N4O3S. The number of hydrogen-bond acceptors (Lipinski definition) is 6.